The summed E-state index contributed by atoms with van der Waals surface area (Å²) in [5, 5.41) is 0. The largest absolute Gasteiger partial charge is 0.299 e. The fourth-order valence-corrected chi connectivity index (χ4v) is 1.81. The van der Waals surface area contributed by atoms with Crippen molar-refractivity contribution in [2.45, 2.75) is 25.9 Å². The van der Waals surface area contributed by atoms with E-state index in [1.165, 1.54) is 17.5 Å². The Morgan fingerprint density at radius 2 is 2.00 bits per heavy atom. The van der Waals surface area contributed by atoms with Gasteiger partial charge in [0.25, 0.3) is 0 Å². The number of rotatable bonds is 0. The van der Waals surface area contributed by atoms with Crippen LogP contribution in [0.3, 0.4) is 0 Å². The second kappa shape index (κ2) is 2.91. The number of nitrogens with zero attached hydrogens (tertiary/aromatic N) is 1. The zero-order valence-corrected chi connectivity index (χ0v) is 7.75. The van der Waals surface area contributed by atoms with Crippen LogP contribution in [0.1, 0.15) is 19.5 Å². The molecule has 66 valence electrons. The lowest BCUT2D eigenvalue weighted by atomic mass is 9.96. The average Bonchev–Trinajstić information content (AvgIpc) is 2.07. The second-order valence-corrected chi connectivity index (χ2v) is 3.74. The summed E-state index contributed by atoms with van der Waals surface area (Å²) in [6.07, 6.45) is 1.20. The van der Waals surface area contributed by atoms with Gasteiger partial charge in [-0.15, -0.1) is 0 Å². The molecule has 0 aromatic heterocycles. The summed E-state index contributed by atoms with van der Waals surface area (Å²) in [5.74, 6) is 0. The first-order chi connectivity index (χ1) is 5.77. The Morgan fingerprint density at radius 1 is 1.33 bits per heavy atom. The third kappa shape index (κ3) is 1.25. The highest BCUT2D eigenvalue weighted by Gasteiger charge is 2.18. The molecule has 1 heterocycles. The van der Waals surface area contributed by atoms with Crippen LogP contribution in [0.15, 0.2) is 24.3 Å². The van der Waals surface area contributed by atoms with E-state index in [-0.39, 0.29) is 1.43 Å². The Hall–Kier alpha value is -0.820. The molecule has 0 bridgehead atoms. The Balaban J connectivity index is 0.000000845. The minimum atomic E-state index is 0. The second-order valence-electron chi connectivity index (χ2n) is 3.74. The van der Waals surface area contributed by atoms with Gasteiger partial charge >= 0.3 is 0 Å². The Morgan fingerprint density at radius 3 is 2.75 bits per heavy atom. The van der Waals surface area contributed by atoms with E-state index in [1.54, 1.807) is 0 Å². The van der Waals surface area contributed by atoms with Crippen molar-refractivity contribution in [1.29, 1.82) is 0 Å². The van der Waals surface area contributed by atoms with Gasteiger partial charge in [-0.1, -0.05) is 24.3 Å². The fourth-order valence-electron chi connectivity index (χ4n) is 1.81. The van der Waals surface area contributed by atoms with Gasteiger partial charge in [0.2, 0.25) is 0 Å². The summed E-state index contributed by atoms with van der Waals surface area (Å²) in [5.41, 5.74) is 3.03. The van der Waals surface area contributed by atoms with E-state index in [0.717, 1.165) is 6.54 Å². The van der Waals surface area contributed by atoms with E-state index in [1.807, 2.05) is 0 Å². The van der Waals surface area contributed by atoms with Crippen LogP contribution in [0.2, 0.25) is 0 Å². The molecule has 1 aromatic carbocycles. The molecule has 0 saturated heterocycles. The standard InChI is InChI=1S/C11H15N.H2/c1-9-7-10-5-3-4-6-11(10)8-12(9)2;/h3-6,9H,7-8H2,1-2H3;1H. The quantitative estimate of drug-likeness (QED) is 0.567. The van der Waals surface area contributed by atoms with Crippen LogP contribution >= 0.6 is 0 Å². The Kier molecular flexibility index (Phi) is 1.89. The van der Waals surface area contributed by atoms with Gasteiger partial charge in [-0.25, -0.2) is 0 Å². The zero-order valence-electron chi connectivity index (χ0n) is 7.75. The van der Waals surface area contributed by atoms with Crippen molar-refractivity contribution >= 4 is 0 Å². The van der Waals surface area contributed by atoms with Crippen molar-refractivity contribution in [3.63, 3.8) is 0 Å². The Bertz CT molecular complexity index is 256. The topological polar surface area (TPSA) is 3.24 Å². The molecule has 1 aromatic rings. The highest BCUT2D eigenvalue weighted by atomic mass is 15.1. The van der Waals surface area contributed by atoms with E-state index in [0.29, 0.717) is 6.04 Å². The number of likely N-dealkylation sites (N-methyl/N-ethyl adjacent to an activating group) is 1. The normalized spacial score (nSPS) is 23.7. The lowest BCUT2D eigenvalue weighted by Gasteiger charge is -2.31. The third-order valence-electron chi connectivity index (χ3n) is 2.81. The third-order valence-corrected chi connectivity index (χ3v) is 2.81. The van der Waals surface area contributed by atoms with Crippen LogP contribution in [-0.4, -0.2) is 18.0 Å². The highest BCUT2D eigenvalue weighted by Crippen LogP contribution is 2.20. The van der Waals surface area contributed by atoms with Gasteiger partial charge in [-0.2, -0.15) is 0 Å². The number of benzene rings is 1. The molecule has 1 aliphatic rings. The molecule has 0 spiro atoms. The van der Waals surface area contributed by atoms with E-state index in [9.17, 15) is 0 Å². The van der Waals surface area contributed by atoms with Crippen molar-refractivity contribution in [2.75, 3.05) is 7.05 Å². The molecule has 0 radical (unpaired) electrons. The molecule has 12 heavy (non-hydrogen) atoms. The molecule has 0 N–H and O–H groups in total. The first-order valence-electron chi connectivity index (χ1n) is 4.54. The van der Waals surface area contributed by atoms with Crippen molar-refractivity contribution in [3.05, 3.63) is 35.4 Å². The SMILES string of the molecule is CC1Cc2ccccc2CN1C.[HH]. The molecule has 0 saturated carbocycles. The highest BCUT2D eigenvalue weighted by molar-refractivity contribution is 5.29. The lowest BCUT2D eigenvalue weighted by Crippen LogP contribution is -2.34. The summed E-state index contributed by atoms with van der Waals surface area (Å²) >= 11 is 0. The number of fused-ring (bicyclic) bond motifs is 1. The van der Waals surface area contributed by atoms with E-state index in [2.05, 4.69) is 43.1 Å². The molecule has 0 fully saturated rings. The van der Waals surface area contributed by atoms with Gasteiger partial charge in [-0.3, -0.25) is 4.90 Å². The summed E-state index contributed by atoms with van der Waals surface area (Å²) in [6, 6.07) is 9.44. The molecule has 1 nitrogen and oxygen atoms in total. The molecule has 1 heteroatoms. The molecular formula is C11H17N. The monoisotopic (exact) mass is 163 g/mol. The lowest BCUT2D eigenvalue weighted by molar-refractivity contribution is 0.231. The molecule has 1 unspecified atom stereocenters. The zero-order chi connectivity index (χ0) is 8.55. The molecule has 2 rings (SSSR count). The summed E-state index contributed by atoms with van der Waals surface area (Å²) in [4.78, 5) is 2.41. The maximum Gasteiger partial charge on any atom is 0.0236 e. The van der Waals surface area contributed by atoms with Crippen molar-refractivity contribution in [2.24, 2.45) is 0 Å². The van der Waals surface area contributed by atoms with Crippen LogP contribution in [-0.2, 0) is 13.0 Å². The van der Waals surface area contributed by atoms with E-state index in [4.69, 9.17) is 0 Å². The van der Waals surface area contributed by atoms with Gasteiger partial charge in [-0.05, 0) is 31.5 Å². The number of hydrogen-bond acceptors (Lipinski definition) is 1. The predicted octanol–water partition coefficient (Wildman–Crippen LogP) is 2.31. The van der Waals surface area contributed by atoms with Crippen molar-refractivity contribution < 1.29 is 1.43 Å². The smallest absolute Gasteiger partial charge is 0.0236 e. The average molecular weight is 163 g/mol. The number of hydrogen-bond donors (Lipinski definition) is 0. The van der Waals surface area contributed by atoms with Gasteiger partial charge in [0, 0.05) is 14.0 Å². The maximum atomic E-state index is 2.41. The van der Waals surface area contributed by atoms with Crippen molar-refractivity contribution in [1.82, 2.24) is 4.90 Å². The molecule has 0 aliphatic carbocycles. The minimum Gasteiger partial charge on any atom is -0.299 e. The van der Waals surface area contributed by atoms with Crippen LogP contribution in [0, 0.1) is 0 Å². The minimum absolute atomic E-state index is 0. The molecule has 1 aliphatic heterocycles. The van der Waals surface area contributed by atoms with E-state index < -0.39 is 0 Å². The van der Waals surface area contributed by atoms with Gasteiger partial charge in [0.05, 0.1) is 0 Å². The van der Waals surface area contributed by atoms with Gasteiger partial charge in [0.15, 0.2) is 0 Å². The molecular weight excluding hydrogens is 146 g/mol. The van der Waals surface area contributed by atoms with Gasteiger partial charge in [0.1, 0.15) is 0 Å². The van der Waals surface area contributed by atoms with Crippen LogP contribution < -0.4 is 0 Å². The predicted molar refractivity (Wildman–Crippen MR) is 53.2 cm³/mol. The summed E-state index contributed by atoms with van der Waals surface area (Å²) < 4.78 is 0. The van der Waals surface area contributed by atoms with Crippen LogP contribution in [0.25, 0.3) is 0 Å². The fraction of sp³-hybridized carbons (Fsp3) is 0.455. The van der Waals surface area contributed by atoms with Crippen LogP contribution in [0.4, 0.5) is 0 Å². The molecule has 1 atom stereocenters. The summed E-state index contributed by atoms with van der Waals surface area (Å²) in [7, 11) is 2.20. The Labute approximate surface area is 75.5 Å². The van der Waals surface area contributed by atoms with Gasteiger partial charge < -0.3 is 0 Å². The van der Waals surface area contributed by atoms with Crippen LogP contribution in [0.5, 0.6) is 0 Å². The van der Waals surface area contributed by atoms with E-state index >= 15 is 0 Å². The first kappa shape index (κ1) is 7.81. The molecule has 0 amide bonds. The van der Waals surface area contributed by atoms with Crippen molar-refractivity contribution in [3.8, 4) is 0 Å². The summed E-state index contributed by atoms with van der Waals surface area (Å²) in [6.45, 7) is 3.40. The maximum absolute atomic E-state index is 2.41. The first-order valence-corrected chi connectivity index (χ1v) is 4.54.